The normalized spacial score (nSPS) is 22.4. The third kappa shape index (κ3) is 3.30. The Morgan fingerprint density at radius 3 is 2.85 bits per heavy atom. The molecule has 1 aliphatic rings. The van der Waals surface area contributed by atoms with Crippen LogP contribution in [0.2, 0.25) is 0 Å². The summed E-state index contributed by atoms with van der Waals surface area (Å²) in [5.41, 5.74) is 0.941. The highest BCUT2D eigenvalue weighted by Gasteiger charge is 2.25. The number of esters is 1. The van der Waals surface area contributed by atoms with Crippen molar-refractivity contribution in [2.75, 3.05) is 12.4 Å². The van der Waals surface area contributed by atoms with Gasteiger partial charge >= 0.3 is 5.97 Å². The molecule has 3 nitrogen and oxygen atoms in total. The number of methoxy groups -OCH3 is 1. The van der Waals surface area contributed by atoms with Gasteiger partial charge in [0.05, 0.1) is 12.7 Å². The predicted molar refractivity (Wildman–Crippen MR) is 77.4 cm³/mol. The molecule has 0 bridgehead atoms. The van der Waals surface area contributed by atoms with Crippen molar-refractivity contribution in [2.24, 2.45) is 5.92 Å². The van der Waals surface area contributed by atoms with Gasteiger partial charge in [-0.2, -0.15) is 0 Å². The fourth-order valence-electron chi connectivity index (χ4n) is 3.01. The van der Waals surface area contributed by atoms with Crippen molar-refractivity contribution in [1.29, 1.82) is 0 Å². The minimum absolute atomic E-state index is 0.271. The van der Waals surface area contributed by atoms with E-state index in [0.717, 1.165) is 12.8 Å². The van der Waals surface area contributed by atoms with Gasteiger partial charge in [-0.25, -0.2) is 9.18 Å². The molecule has 1 aromatic carbocycles. The van der Waals surface area contributed by atoms with Crippen LogP contribution in [0.15, 0.2) is 18.2 Å². The number of hydrogen-bond acceptors (Lipinski definition) is 3. The highest BCUT2D eigenvalue weighted by Crippen LogP contribution is 2.30. The smallest absolute Gasteiger partial charge is 0.340 e. The molecule has 2 rings (SSSR count). The number of ether oxygens (including phenoxy) is 1. The van der Waals surface area contributed by atoms with E-state index in [1.54, 1.807) is 6.07 Å². The van der Waals surface area contributed by atoms with Gasteiger partial charge in [0.2, 0.25) is 0 Å². The fourth-order valence-corrected chi connectivity index (χ4v) is 3.01. The lowest BCUT2D eigenvalue weighted by Gasteiger charge is -2.32. The van der Waals surface area contributed by atoms with E-state index in [9.17, 15) is 9.18 Å². The van der Waals surface area contributed by atoms with Crippen molar-refractivity contribution in [3.63, 3.8) is 0 Å². The molecule has 1 aliphatic carbocycles. The van der Waals surface area contributed by atoms with Crippen LogP contribution in [-0.2, 0) is 4.74 Å². The van der Waals surface area contributed by atoms with E-state index in [-0.39, 0.29) is 5.56 Å². The summed E-state index contributed by atoms with van der Waals surface area (Å²) in [6.07, 6.45) is 5.89. The minimum Gasteiger partial charge on any atom is -0.465 e. The summed E-state index contributed by atoms with van der Waals surface area (Å²) >= 11 is 0. The van der Waals surface area contributed by atoms with E-state index in [1.807, 2.05) is 0 Å². The number of anilines is 1. The second kappa shape index (κ2) is 6.73. The van der Waals surface area contributed by atoms with Crippen molar-refractivity contribution in [1.82, 2.24) is 0 Å². The van der Waals surface area contributed by atoms with Crippen LogP contribution in [-0.4, -0.2) is 19.1 Å². The van der Waals surface area contributed by atoms with Crippen LogP contribution in [0.1, 0.15) is 49.4 Å². The van der Waals surface area contributed by atoms with Crippen LogP contribution in [0, 0.1) is 11.7 Å². The van der Waals surface area contributed by atoms with E-state index in [4.69, 9.17) is 4.74 Å². The van der Waals surface area contributed by atoms with Gasteiger partial charge in [0.1, 0.15) is 5.82 Å². The summed E-state index contributed by atoms with van der Waals surface area (Å²) in [7, 11) is 1.31. The van der Waals surface area contributed by atoms with Gasteiger partial charge in [-0.3, -0.25) is 0 Å². The quantitative estimate of drug-likeness (QED) is 0.847. The van der Waals surface area contributed by atoms with E-state index < -0.39 is 11.8 Å². The topological polar surface area (TPSA) is 38.3 Å². The summed E-state index contributed by atoms with van der Waals surface area (Å²) in [4.78, 5) is 11.8. The molecule has 4 heteroatoms. The molecule has 1 fully saturated rings. The molecule has 110 valence electrons. The van der Waals surface area contributed by atoms with Crippen molar-refractivity contribution >= 4 is 11.7 Å². The molecular weight excluding hydrogens is 257 g/mol. The molecule has 2 unspecified atom stereocenters. The predicted octanol–water partition coefficient (Wildman–Crippen LogP) is 3.99. The third-order valence-electron chi connectivity index (χ3n) is 4.16. The van der Waals surface area contributed by atoms with Gasteiger partial charge in [0, 0.05) is 11.7 Å². The Bertz CT molecular complexity index is 476. The first kappa shape index (κ1) is 14.8. The van der Waals surface area contributed by atoms with Gasteiger partial charge < -0.3 is 10.1 Å². The summed E-state index contributed by atoms with van der Waals surface area (Å²) < 4.78 is 18.1. The molecule has 1 N–H and O–H groups in total. The minimum atomic E-state index is -0.504. The lowest BCUT2D eigenvalue weighted by atomic mass is 9.82. The molecule has 0 amide bonds. The number of halogens is 1. The summed E-state index contributed by atoms with van der Waals surface area (Å²) in [5, 5.41) is 3.43. The Hall–Kier alpha value is -1.58. The number of carbonyl (C=O) groups is 1. The first-order valence-corrected chi connectivity index (χ1v) is 7.30. The molecule has 1 aromatic rings. The van der Waals surface area contributed by atoms with Crippen molar-refractivity contribution in [2.45, 2.75) is 45.1 Å². The lowest BCUT2D eigenvalue weighted by Crippen LogP contribution is -2.32. The zero-order chi connectivity index (χ0) is 14.5. The van der Waals surface area contributed by atoms with E-state index in [1.165, 1.54) is 38.5 Å². The SMILES string of the molecule is CCC1CCCCC1Nc1ccc(F)cc1C(=O)OC. The summed E-state index contributed by atoms with van der Waals surface area (Å²) in [5.74, 6) is -0.318. The average molecular weight is 279 g/mol. The Kier molecular flexibility index (Phi) is 4.99. The Balaban J connectivity index is 2.21. The van der Waals surface area contributed by atoms with Crippen molar-refractivity contribution < 1.29 is 13.9 Å². The van der Waals surface area contributed by atoms with Gasteiger partial charge in [-0.05, 0) is 37.0 Å². The van der Waals surface area contributed by atoms with E-state index >= 15 is 0 Å². The van der Waals surface area contributed by atoms with Crippen molar-refractivity contribution in [3.8, 4) is 0 Å². The highest BCUT2D eigenvalue weighted by molar-refractivity contribution is 5.95. The van der Waals surface area contributed by atoms with Gasteiger partial charge in [0.25, 0.3) is 0 Å². The van der Waals surface area contributed by atoms with Gasteiger partial charge in [-0.15, -0.1) is 0 Å². The molecule has 0 radical (unpaired) electrons. The Morgan fingerprint density at radius 2 is 2.15 bits per heavy atom. The second-order valence-electron chi connectivity index (χ2n) is 5.39. The van der Waals surface area contributed by atoms with Crippen molar-refractivity contribution in [3.05, 3.63) is 29.6 Å². The molecule has 1 saturated carbocycles. The number of hydrogen-bond donors (Lipinski definition) is 1. The first-order valence-electron chi connectivity index (χ1n) is 7.30. The standard InChI is InChI=1S/C16H22FNO2/c1-3-11-6-4-5-7-14(11)18-15-9-8-12(17)10-13(15)16(19)20-2/h8-11,14,18H,3-7H2,1-2H3. The van der Waals surface area contributed by atoms with Crippen LogP contribution in [0.5, 0.6) is 0 Å². The van der Waals surface area contributed by atoms with E-state index in [2.05, 4.69) is 12.2 Å². The second-order valence-corrected chi connectivity index (χ2v) is 5.39. The van der Waals surface area contributed by atoms with E-state index in [0.29, 0.717) is 17.6 Å². The van der Waals surface area contributed by atoms with Crippen LogP contribution in [0.4, 0.5) is 10.1 Å². The van der Waals surface area contributed by atoms with Crippen LogP contribution >= 0.6 is 0 Å². The Morgan fingerprint density at radius 1 is 1.40 bits per heavy atom. The molecule has 0 aromatic heterocycles. The molecule has 0 spiro atoms. The Labute approximate surface area is 119 Å². The molecule has 0 aliphatic heterocycles. The third-order valence-corrected chi connectivity index (χ3v) is 4.16. The zero-order valence-corrected chi connectivity index (χ0v) is 12.1. The lowest BCUT2D eigenvalue weighted by molar-refractivity contribution is 0.0601. The van der Waals surface area contributed by atoms with Crippen LogP contribution in [0.25, 0.3) is 0 Å². The number of nitrogens with one attached hydrogen (secondary N) is 1. The monoisotopic (exact) mass is 279 g/mol. The van der Waals surface area contributed by atoms with Crippen LogP contribution < -0.4 is 5.32 Å². The molecule has 0 heterocycles. The molecule has 2 atom stereocenters. The summed E-state index contributed by atoms with van der Waals surface area (Å²) in [6.45, 7) is 2.19. The first-order chi connectivity index (χ1) is 9.65. The number of carbonyl (C=O) groups excluding carboxylic acids is 1. The van der Waals surface area contributed by atoms with Gasteiger partial charge in [-0.1, -0.05) is 26.2 Å². The zero-order valence-electron chi connectivity index (χ0n) is 12.1. The maximum atomic E-state index is 13.3. The number of rotatable bonds is 4. The largest absolute Gasteiger partial charge is 0.465 e. The maximum absolute atomic E-state index is 13.3. The fraction of sp³-hybridized carbons (Fsp3) is 0.562. The van der Waals surface area contributed by atoms with Gasteiger partial charge in [0.15, 0.2) is 0 Å². The number of benzene rings is 1. The molecule has 20 heavy (non-hydrogen) atoms. The highest BCUT2D eigenvalue weighted by atomic mass is 19.1. The molecular formula is C16H22FNO2. The maximum Gasteiger partial charge on any atom is 0.340 e. The van der Waals surface area contributed by atoms with Crippen LogP contribution in [0.3, 0.4) is 0 Å². The summed E-state index contributed by atoms with van der Waals surface area (Å²) in [6, 6.07) is 4.59. The molecule has 0 saturated heterocycles. The average Bonchev–Trinajstić information content (AvgIpc) is 2.48.